The number of sulfonamides is 1. The van der Waals surface area contributed by atoms with E-state index >= 15 is 0 Å². The lowest BCUT2D eigenvalue weighted by atomic mass is 9.96. The summed E-state index contributed by atoms with van der Waals surface area (Å²) < 4.78 is 28.1. The standard InChI is InChI=1S/C15H18ClNO2S2/c1-4-13-9-10-14(20-13)21(18,19)17-15(2,3)11-5-7-12(16)8-6-11/h5-10,17H,4H2,1-3H3. The van der Waals surface area contributed by atoms with Gasteiger partial charge in [0.25, 0.3) is 10.0 Å². The van der Waals surface area contributed by atoms with Crippen molar-refractivity contribution in [2.75, 3.05) is 0 Å². The minimum atomic E-state index is -3.53. The second-order valence-corrected chi connectivity index (χ2v) is 8.83. The molecule has 0 saturated heterocycles. The molecule has 0 aliphatic heterocycles. The Morgan fingerprint density at radius 3 is 2.29 bits per heavy atom. The molecule has 0 radical (unpaired) electrons. The first-order valence-corrected chi connectivity index (χ1v) is 9.31. The number of thiophene rings is 1. The quantitative estimate of drug-likeness (QED) is 0.885. The third-order valence-electron chi connectivity index (χ3n) is 3.21. The third kappa shape index (κ3) is 3.86. The highest BCUT2D eigenvalue weighted by Crippen LogP contribution is 2.27. The highest BCUT2D eigenvalue weighted by Gasteiger charge is 2.28. The zero-order valence-electron chi connectivity index (χ0n) is 12.2. The monoisotopic (exact) mass is 343 g/mol. The minimum absolute atomic E-state index is 0.349. The molecular weight excluding hydrogens is 326 g/mol. The normalized spacial score (nSPS) is 12.6. The summed E-state index contributed by atoms with van der Waals surface area (Å²) in [6.07, 6.45) is 0.834. The fourth-order valence-corrected chi connectivity index (χ4v) is 4.83. The molecule has 2 rings (SSSR count). The molecule has 0 atom stereocenters. The van der Waals surface area contributed by atoms with E-state index in [1.165, 1.54) is 11.3 Å². The Kier molecular flexibility index (Phi) is 4.78. The molecule has 6 heteroatoms. The summed E-state index contributed by atoms with van der Waals surface area (Å²) in [4.78, 5) is 1.06. The molecule has 1 aromatic carbocycles. The van der Waals surface area contributed by atoms with Crippen LogP contribution >= 0.6 is 22.9 Å². The first-order chi connectivity index (χ1) is 9.74. The van der Waals surface area contributed by atoms with Gasteiger partial charge in [-0.3, -0.25) is 0 Å². The average Bonchev–Trinajstić information content (AvgIpc) is 2.87. The summed E-state index contributed by atoms with van der Waals surface area (Å²) in [5, 5.41) is 0.628. The zero-order chi connectivity index (χ0) is 15.7. The second-order valence-electron chi connectivity index (χ2n) is 5.31. The molecule has 0 bridgehead atoms. The predicted molar refractivity (Wildman–Crippen MR) is 88.5 cm³/mol. The summed E-state index contributed by atoms with van der Waals surface area (Å²) in [5.41, 5.74) is 0.155. The summed E-state index contributed by atoms with van der Waals surface area (Å²) in [6.45, 7) is 5.68. The lowest BCUT2D eigenvalue weighted by Gasteiger charge is -2.26. The molecule has 1 aromatic heterocycles. The van der Waals surface area contributed by atoms with Gasteiger partial charge in [0.05, 0.1) is 5.54 Å². The topological polar surface area (TPSA) is 46.2 Å². The van der Waals surface area contributed by atoms with Crippen LogP contribution in [0.3, 0.4) is 0 Å². The van der Waals surface area contributed by atoms with Gasteiger partial charge in [0, 0.05) is 9.90 Å². The van der Waals surface area contributed by atoms with E-state index in [0.29, 0.717) is 9.23 Å². The van der Waals surface area contributed by atoms with Crippen LogP contribution in [-0.4, -0.2) is 8.42 Å². The Morgan fingerprint density at radius 2 is 1.76 bits per heavy atom. The van der Waals surface area contributed by atoms with Crippen molar-refractivity contribution >= 4 is 33.0 Å². The van der Waals surface area contributed by atoms with Crippen molar-refractivity contribution in [3.05, 3.63) is 51.9 Å². The highest BCUT2D eigenvalue weighted by atomic mass is 35.5. The Morgan fingerprint density at radius 1 is 1.14 bits per heavy atom. The van der Waals surface area contributed by atoms with Gasteiger partial charge in [-0.05, 0) is 50.1 Å². The van der Waals surface area contributed by atoms with Gasteiger partial charge in [0.1, 0.15) is 4.21 Å². The maximum absolute atomic E-state index is 12.5. The van der Waals surface area contributed by atoms with E-state index in [1.54, 1.807) is 18.2 Å². The molecule has 3 nitrogen and oxygen atoms in total. The molecule has 0 fully saturated rings. The van der Waals surface area contributed by atoms with E-state index in [9.17, 15) is 8.42 Å². The highest BCUT2D eigenvalue weighted by molar-refractivity contribution is 7.91. The van der Waals surface area contributed by atoms with Gasteiger partial charge >= 0.3 is 0 Å². The first kappa shape index (κ1) is 16.5. The molecule has 0 amide bonds. The van der Waals surface area contributed by atoms with Crippen molar-refractivity contribution in [3.8, 4) is 0 Å². The Bertz CT molecular complexity index is 718. The van der Waals surface area contributed by atoms with Crippen LogP contribution in [0.15, 0.2) is 40.6 Å². The fraction of sp³-hybridized carbons (Fsp3) is 0.333. The zero-order valence-corrected chi connectivity index (χ0v) is 14.6. The molecule has 0 spiro atoms. The number of hydrogen-bond acceptors (Lipinski definition) is 3. The van der Waals surface area contributed by atoms with Crippen LogP contribution in [0.4, 0.5) is 0 Å². The number of aryl methyl sites for hydroxylation is 1. The first-order valence-electron chi connectivity index (χ1n) is 6.63. The van der Waals surface area contributed by atoms with Crippen LogP contribution in [0.5, 0.6) is 0 Å². The van der Waals surface area contributed by atoms with Crippen LogP contribution in [0, 0.1) is 0 Å². The summed E-state index contributed by atoms with van der Waals surface area (Å²) in [6, 6.07) is 10.7. The van der Waals surface area contributed by atoms with Gasteiger partial charge in [-0.15, -0.1) is 11.3 Å². The summed E-state index contributed by atoms with van der Waals surface area (Å²) in [5.74, 6) is 0. The van der Waals surface area contributed by atoms with Crippen molar-refractivity contribution < 1.29 is 8.42 Å². The van der Waals surface area contributed by atoms with Crippen LogP contribution in [0.25, 0.3) is 0 Å². The molecule has 1 heterocycles. The minimum Gasteiger partial charge on any atom is -0.206 e. The average molecular weight is 344 g/mol. The molecule has 114 valence electrons. The van der Waals surface area contributed by atoms with Crippen LogP contribution in [-0.2, 0) is 22.0 Å². The lowest BCUT2D eigenvalue weighted by molar-refractivity contribution is 0.473. The van der Waals surface area contributed by atoms with Crippen LogP contribution in [0.1, 0.15) is 31.2 Å². The third-order valence-corrected chi connectivity index (χ3v) is 6.84. The van der Waals surface area contributed by atoms with E-state index < -0.39 is 15.6 Å². The number of hydrogen-bond donors (Lipinski definition) is 1. The van der Waals surface area contributed by atoms with Gasteiger partial charge in [-0.25, -0.2) is 13.1 Å². The van der Waals surface area contributed by atoms with Gasteiger partial charge in [0.15, 0.2) is 0 Å². The summed E-state index contributed by atoms with van der Waals surface area (Å²) in [7, 11) is -3.53. The largest absolute Gasteiger partial charge is 0.250 e. The van der Waals surface area contributed by atoms with Crippen molar-refractivity contribution in [2.24, 2.45) is 0 Å². The van der Waals surface area contributed by atoms with E-state index in [4.69, 9.17) is 11.6 Å². The molecule has 0 aliphatic rings. The Hall–Kier alpha value is -0.880. The maximum atomic E-state index is 12.5. The van der Waals surface area contributed by atoms with Gasteiger partial charge in [0.2, 0.25) is 0 Å². The number of rotatable bonds is 5. The van der Waals surface area contributed by atoms with Crippen molar-refractivity contribution in [1.29, 1.82) is 0 Å². The summed E-state index contributed by atoms with van der Waals surface area (Å²) >= 11 is 7.18. The molecule has 0 saturated carbocycles. The molecule has 0 unspecified atom stereocenters. The molecule has 1 N–H and O–H groups in total. The van der Waals surface area contributed by atoms with Crippen molar-refractivity contribution in [2.45, 2.75) is 36.9 Å². The molecule has 2 aromatic rings. The Balaban J connectivity index is 2.28. The Labute approximate surface area is 135 Å². The number of benzene rings is 1. The van der Waals surface area contributed by atoms with E-state index in [0.717, 1.165) is 16.9 Å². The van der Waals surface area contributed by atoms with E-state index in [1.807, 2.05) is 39.0 Å². The van der Waals surface area contributed by atoms with E-state index in [-0.39, 0.29) is 0 Å². The van der Waals surface area contributed by atoms with Crippen LogP contribution < -0.4 is 4.72 Å². The fourth-order valence-electron chi connectivity index (χ4n) is 2.00. The van der Waals surface area contributed by atoms with Gasteiger partial charge in [-0.2, -0.15) is 0 Å². The van der Waals surface area contributed by atoms with Gasteiger partial charge < -0.3 is 0 Å². The molecular formula is C15H18ClNO2S2. The molecule has 0 aliphatic carbocycles. The van der Waals surface area contributed by atoms with Crippen LogP contribution in [0.2, 0.25) is 5.02 Å². The molecule has 21 heavy (non-hydrogen) atoms. The number of nitrogens with one attached hydrogen (secondary N) is 1. The van der Waals surface area contributed by atoms with Crippen molar-refractivity contribution in [3.63, 3.8) is 0 Å². The maximum Gasteiger partial charge on any atom is 0.250 e. The van der Waals surface area contributed by atoms with E-state index in [2.05, 4.69) is 4.72 Å². The second kappa shape index (κ2) is 6.08. The number of halogens is 1. The predicted octanol–water partition coefficient (Wildman–Crippen LogP) is 4.18. The van der Waals surface area contributed by atoms with Crippen molar-refractivity contribution in [1.82, 2.24) is 4.72 Å². The smallest absolute Gasteiger partial charge is 0.206 e. The SMILES string of the molecule is CCc1ccc(S(=O)(=O)NC(C)(C)c2ccc(Cl)cc2)s1. The lowest BCUT2D eigenvalue weighted by Crippen LogP contribution is -2.40. The van der Waals surface area contributed by atoms with Gasteiger partial charge in [-0.1, -0.05) is 30.7 Å².